The van der Waals surface area contributed by atoms with Crippen LogP contribution in [0.3, 0.4) is 0 Å². The molecule has 0 bridgehead atoms. The number of amides is 1. The van der Waals surface area contributed by atoms with Crippen molar-refractivity contribution in [2.45, 2.75) is 32.7 Å². The van der Waals surface area contributed by atoms with Crippen LogP contribution in [0.2, 0.25) is 0 Å². The summed E-state index contributed by atoms with van der Waals surface area (Å²) in [7, 11) is 1.76. The third-order valence-corrected chi connectivity index (χ3v) is 2.76. The smallest absolute Gasteiger partial charge is 0.320 e. The van der Waals surface area contributed by atoms with Gasteiger partial charge in [0.05, 0.1) is 19.7 Å². The Morgan fingerprint density at radius 2 is 1.88 bits per heavy atom. The summed E-state index contributed by atoms with van der Waals surface area (Å²) in [6, 6.07) is 0.434. The third-order valence-electron chi connectivity index (χ3n) is 2.76. The molecule has 0 aromatic rings. The Bertz CT molecular complexity index is 277. The number of esters is 1. The fraction of sp³-hybridized carbons (Fsp3) is 0.833. The molecule has 98 valence electrons. The second-order valence-corrected chi connectivity index (χ2v) is 4.39. The molecule has 0 N–H and O–H groups in total. The minimum absolute atomic E-state index is 0.0989. The van der Waals surface area contributed by atoms with Gasteiger partial charge in [0.15, 0.2) is 0 Å². The average molecular weight is 242 g/mol. The zero-order chi connectivity index (χ0) is 12.8. The number of carbonyl (C=O) groups is 2. The summed E-state index contributed by atoms with van der Waals surface area (Å²) in [6.07, 6.45) is 2.22. The quantitative estimate of drug-likeness (QED) is 0.610. The van der Waals surface area contributed by atoms with Gasteiger partial charge < -0.3 is 9.64 Å². The molecule has 0 atom stereocenters. The van der Waals surface area contributed by atoms with E-state index in [1.807, 2.05) is 11.8 Å². The summed E-state index contributed by atoms with van der Waals surface area (Å²) < 4.78 is 4.84. The van der Waals surface area contributed by atoms with E-state index in [1.54, 1.807) is 18.9 Å². The molecule has 0 spiro atoms. The summed E-state index contributed by atoms with van der Waals surface area (Å²) in [4.78, 5) is 26.8. The first kappa shape index (κ1) is 14.0. The molecule has 0 aromatic carbocycles. The van der Waals surface area contributed by atoms with Crippen molar-refractivity contribution < 1.29 is 14.3 Å². The highest BCUT2D eigenvalue weighted by Crippen LogP contribution is 2.26. The largest absolute Gasteiger partial charge is 0.465 e. The molecule has 1 amide bonds. The van der Waals surface area contributed by atoms with E-state index in [0.717, 1.165) is 19.4 Å². The van der Waals surface area contributed by atoms with Gasteiger partial charge in [-0.2, -0.15) is 0 Å². The summed E-state index contributed by atoms with van der Waals surface area (Å²) in [5.41, 5.74) is 0. The molecule has 5 heteroatoms. The lowest BCUT2D eigenvalue weighted by Crippen LogP contribution is -2.41. The molecule has 1 aliphatic rings. The molecule has 17 heavy (non-hydrogen) atoms. The topological polar surface area (TPSA) is 49.9 Å². The van der Waals surface area contributed by atoms with Crippen LogP contribution in [0, 0.1) is 0 Å². The molecule has 5 nitrogen and oxygen atoms in total. The van der Waals surface area contributed by atoms with Crippen molar-refractivity contribution in [1.82, 2.24) is 9.80 Å². The highest BCUT2D eigenvalue weighted by Gasteiger charge is 2.31. The molecule has 1 saturated carbocycles. The number of ether oxygens (including phenoxy) is 1. The van der Waals surface area contributed by atoms with Crippen molar-refractivity contribution in [3.63, 3.8) is 0 Å². The lowest BCUT2D eigenvalue weighted by Gasteiger charge is -2.23. The third kappa shape index (κ3) is 4.73. The first-order valence-corrected chi connectivity index (χ1v) is 6.22. The predicted molar refractivity (Wildman–Crippen MR) is 64.5 cm³/mol. The number of rotatable bonds is 7. The SMILES string of the molecule is CCOC(=O)CN(C)CC(=O)N(CC)C1CC1. The Kier molecular flexibility index (Phi) is 5.41. The van der Waals surface area contributed by atoms with Gasteiger partial charge in [-0.3, -0.25) is 14.5 Å². The van der Waals surface area contributed by atoms with Gasteiger partial charge in [-0.25, -0.2) is 0 Å². The van der Waals surface area contributed by atoms with E-state index in [9.17, 15) is 9.59 Å². The number of likely N-dealkylation sites (N-methyl/N-ethyl adjacent to an activating group) is 2. The molecule has 0 aromatic heterocycles. The zero-order valence-electron chi connectivity index (χ0n) is 10.9. The molecule has 1 aliphatic carbocycles. The fourth-order valence-electron chi connectivity index (χ4n) is 1.83. The van der Waals surface area contributed by atoms with Gasteiger partial charge in [0.25, 0.3) is 0 Å². The van der Waals surface area contributed by atoms with Crippen LogP contribution in [0.25, 0.3) is 0 Å². The van der Waals surface area contributed by atoms with Crippen molar-refractivity contribution >= 4 is 11.9 Å². The van der Waals surface area contributed by atoms with E-state index in [1.165, 1.54) is 0 Å². The normalized spacial score (nSPS) is 14.8. The van der Waals surface area contributed by atoms with Crippen LogP contribution in [0.15, 0.2) is 0 Å². The van der Waals surface area contributed by atoms with Crippen LogP contribution >= 0.6 is 0 Å². The second kappa shape index (κ2) is 6.59. The van der Waals surface area contributed by atoms with Crippen LogP contribution in [-0.4, -0.2) is 61.0 Å². The van der Waals surface area contributed by atoms with Crippen molar-refractivity contribution in [3.05, 3.63) is 0 Å². The molecule has 0 radical (unpaired) electrons. The molecule has 0 aliphatic heterocycles. The predicted octanol–water partition coefficient (Wildman–Crippen LogP) is 0.492. The van der Waals surface area contributed by atoms with E-state index in [0.29, 0.717) is 12.6 Å². The maximum atomic E-state index is 11.9. The lowest BCUT2D eigenvalue weighted by molar-refractivity contribution is -0.144. The number of hydrogen-bond acceptors (Lipinski definition) is 4. The number of nitrogens with zero attached hydrogens (tertiary/aromatic N) is 2. The van der Waals surface area contributed by atoms with Gasteiger partial charge in [0, 0.05) is 12.6 Å². The molecule has 1 rings (SSSR count). The first-order valence-electron chi connectivity index (χ1n) is 6.22. The summed E-state index contributed by atoms with van der Waals surface area (Å²) in [6.45, 7) is 5.34. The number of hydrogen-bond donors (Lipinski definition) is 0. The monoisotopic (exact) mass is 242 g/mol. The Labute approximate surface area is 103 Å². The molecular weight excluding hydrogens is 220 g/mol. The van der Waals surface area contributed by atoms with Gasteiger partial charge >= 0.3 is 5.97 Å². The van der Waals surface area contributed by atoms with E-state index >= 15 is 0 Å². The van der Waals surface area contributed by atoms with Crippen LogP contribution < -0.4 is 0 Å². The standard InChI is InChI=1S/C12H22N2O3/c1-4-14(10-6-7-10)11(15)8-13(3)9-12(16)17-5-2/h10H,4-9H2,1-3H3. The molecule has 1 fully saturated rings. The zero-order valence-corrected chi connectivity index (χ0v) is 10.9. The molecular formula is C12H22N2O3. The number of carbonyl (C=O) groups excluding carboxylic acids is 2. The minimum atomic E-state index is -0.280. The highest BCUT2D eigenvalue weighted by atomic mass is 16.5. The Morgan fingerprint density at radius 1 is 1.24 bits per heavy atom. The lowest BCUT2D eigenvalue weighted by atomic mass is 10.4. The molecule has 0 unspecified atom stereocenters. The Hall–Kier alpha value is -1.10. The van der Waals surface area contributed by atoms with Crippen molar-refractivity contribution in [3.8, 4) is 0 Å². The van der Waals surface area contributed by atoms with Gasteiger partial charge in [-0.1, -0.05) is 0 Å². The summed E-state index contributed by atoms with van der Waals surface area (Å²) in [5.74, 6) is -0.181. The van der Waals surface area contributed by atoms with Crippen LogP contribution in [0.5, 0.6) is 0 Å². The van der Waals surface area contributed by atoms with Crippen LogP contribution in [0.4, 0.5) is 0 Å². The Balaban J connectivity index is 2.31. The van der Waals surface area contributed by atoms with E-state index < -0.39 is 0 Å². The van der Waals surface area contributed by atoms with Crippen LogP contribution in [-0.2, 0) is 14.3 Å². The maximum absolute atomic E-state index is 11.9. The summed E-state index contributed by atoms with van der Waals surface area (Å²) in [5, 5.41) is 0. The van der Waals surface area contributed by atoms with E-state index in [2.05, 4.69) is 0 Å². The van der Waals surface area contributed by atoms with Crippen molar-refractivity contribution in [1.29, 1.82) is 0 Å². The molecule has 0 heterocycles. The second-order valence-electron chi connectivity index (χ2n) is 4.39. The van der Waals surface area contributed by atoms with Gasteiger partial charge in [0.2, 0.25) is 5.91 Å². The van der Waals surface area contributed by atoms with Gasteiger partial charge in [-0.15, -0.1) is 0 Å². The van der Waals surface area contributed by atoms with Crippen LogP contribution in [0.1, 0.15) is 26.7 Å². The molecule has 0 saturated heterocycles. The van der Waals surface area contributed by atoms with E-state index in [4.69, 9.17) is 4.74 Å². The van der Waals surface area contributed by atoms with Crippen molar-refractivity contribution in [2.75, 3.05) is 33.3 Å². The van der Waals surface area contributed by atoms with Gasteiger partial charge in [0.1, 0.15) is 0 Å². The van der Waals surface area contributed by atoms with E-state index in [-0.39, 0.29) is 25.0 Å². The Morgan fingerprint density at radius 3 is 2.35 bits per heavy atom. The minimum Gasteiger partial charge on any atom is -0.465 e. The van der Waals surface area contributed by atoms with Crippen molar-refractivity contribution in [2.24, 2.45) is 0 Å². The highest BCUT2D eigenvalue weighted by molar-refractivity contribution is 5.80. The van der Waals surface area contributed by atoms with Gasteiger partial charge in [-0.05, 0) is 33.7 Å². The maximum Gasteiger partial charge on any atom is 0.320 e. The first-order chi connectivity index (χ1) is 8.08. The average Bonchev–Trinajstić information content (AvgIpc) is 3.02. The summed E-state index contributed by atoms with van der Waals surface area (Å²) >= 11 is 0. The fourth-order valence-corrected chi connectivity index (χ4v) is 1.83.